The maximum Gasteiger partial charge on any atom is 0.287 e. The summed E-state index contributed by atoms with van der Waals surface area (Å²) in [7, 11) is 0. The minimum absolute atomic E-state index is 0. The lowest BCUT2D eigenvalue weighted by Gasteiger charge is -2.03. The molecule has 0 saturated heterocycles. The summed E-state index contributed by atoms with van der Waals surface area (Å²) < 4.78 is 1.61. The molecule has 0 unspecified atom stereocenters. The molecule has 144 valence electrons. The number of carbonyl (C=O) groups is 1. The number of aromatic nitrogens is 2. The molecule has 0 amide bonds. The van der Waals surface area contributed by atoms with Crippen LogP contribution < -0.4 is 4.57 Å². The summed E-state index contributed by atoms with van der Waals surface area (Å²) >= 11 is 0. The van der Waals surface area contributed by atoms with Gasteiger partial charge in [-0.25, -0.2) is 4.57 Å². The van der Waals surface area contributed by atoms with Crippen molar-refractivity contribution in [2.24, 2.45) is 0 Å². The molecule has 0 saturated carbocycles. The lowest BCUT2D eigenvalue weighted by atomic mass is 10.1. The molecular weight excluding hydrogens is 434 g/mol. The maximum absolute atomic E-state index is 12.5. The van der Waals surface area contributed by atoms with Gasteiger partial charge in [0.15, 0.2) is 12.2 Å². The van der Waals surface area contributed by atoms with Crippen LogP contribution in [0.15, 0.2) is 85.3 Å². The Labute approximate surface area is 177 Å². The Morgan fingerprint density at radius 1 is 0.966 bits per heavy atom. The highest BCUT2D eigenvalue weighted by atomic mass is 79.9. The average molecular weight is 451 g/mol. The van der Waals surface area contributed by atoms with E-state index in [2.05, 4.69) is 17.1 Å². The fraction of sp³-hybridized carbons (Fsp3) is 0.0455. The first-order chi connectivity index (χ1) is 13.6. The summed E-state index contributed by atoms with van der Waals surface area (Å²) in [5.74, 6) is -0.336. The van der Waals surface area contributed by atoms with Gasteiger partial charge < -0.3 is 0 Å². The lowest BCUT2D eigenvalue weighted by molar-refractivity contribution is -0.686. The smallest absolute Gasteiger partial charge is 0.287 e. The summed E-state index contributed by atoms with van der Waals surface area (Å²) in [6.07, 6.45) is 3.32. The van der Waals surface area contributed by atoms with Gasteiger partial charge in [-0.2, -0.15) is 0 Å². The minimum Gasteiger partial charge on any atom is -0.289 e. The average Bonchev–Trinajstić information content (AvgIpc) is 2.74. The maximum atomic E-state index is 12.5. The van der Waals surface area contributed by atoms with Crippen LogP contribution in [0.4, 0.5) is 5.69 Å². The van der Waals surface area contributed by atoms with E-state index >= 15 is 0 Å². The second-order valence-corrected chi connectivity index (χ2v) is 6.38. The highest BCUT2D eigenvalue weighted by molar-refractivity contribution is 8.93. The number of carbonyl (C=O) groups excluding carboxylic acids is 1. The third-order valence-corrected chi connectivity index (χ3v) is 4.54. The number of benzene rings is 3. The molecule has 0 radical (unpaired) electrons. The van der Waals surface area contributed by atoms with Crippen molar-refractivity contribution in [2.45, 2.75) is 6.54 Å². The third kappa shape index (κ3) is 4.35. The van der Waals surface area contributed by atoms with Gasteiger partial charge >= 0.3 is 0 Å². The highest BCUT2D eigenvalue weighted by Gasteiger charge is 2.21. The van der Waals surface area contributed by atoms with E-state index in [-0.39, 0.29) is 40.6 Å². The number of para-hydroxylation sites is 1. The standard InChI is InChI=1S/C22H16N3O3.BrH/c26-22(19-7-3-4-8-21(19)25(27)28)14-24-12-11-20(23-15-24)18-10-9-16-5-1-2-6-17(16)13-18;/h1-13,15H,14H2;1H/q+1;. The summed E-state index contributed by atoms with van der Waals surface area (Å²) in [5.41, 5.74) is 1.68. The molecule has 0 aliphatic carbocycles. The summed E-state index contributed by atoms with van der Waals surface area (Å²) in [6.45, 7) is -0.0180. The molecule has 0 bridgehead atoms. The second kappa shape index (κ2) is 8.70. The van der Waals surface area contributed by atoms with Gasteiger partial charge in [0, 0.05) is 17.7 Å². The monoisotopic (exact) mass is 450 g/mol. The van der Waals surface area contributed by atoms with Crippen molar-refractivity contribution in [3.05, 3.63) is 101 Å². The molecule has 0 N–H and O–H groups in total. The van der Waals surface area contributed by atoms with Gasteiger partial charge in [0.2, 0.25) is 5.78 Å². The number of rotatable bonds is 5. The molecule has 3 aromatic carbocycles. The molecule has 0 atom stereocenters. The Morgan fingerprint density at radius 3 is 2.41 bits per heavy atom. The molecule has 0 aliphatic rings. The van der Waals surface area contributed by atoms with E-state index in [1.165, 1.54) is 12.1 Å². The van der Waals surface area contributed by atoms with Gasteiger partial charge in [-0.1, -0.05) is 42.5 Å². The van der Waals surface area contributed by atoms with Crippen molar-refractivity contribution in [1.29, 1.82) is 0 Å². The zero-order valence-electron chi connectivity index (χ0n) is 15.3. The Hall–Kier alpha value is -3.45. The zero-order chi connectivity index (χ0) is 19.5. The Bertz CT molecular complexity index is 1190. The zero-order valence-corrected chi connectivity index (χ0v) is 17.0. The van der Waals surface area contributed by atoms with Crippen LogP contribution in [0.2, 0.25) is 0 Å². The molecular formula is C22H17BrN3O3+. The van der Waals surface area contributed by atoms with Crippen LogP contribution in [-0.2, 0) is 6.54 Å². The number of Topliss-reactive ketones (excluding diaryl/α,β-unsaturated/α-hetero) is 1. The van der Waals surface area contributed by atoms with Crippen LogP contribution in [0.3, 0.4) is 0 Å². The number of fused-ring (bicyclic) bond motifs is 1. The van der Waals surface area contributed by atoms with Gasteiger partial charge in [0.1, 0.15) is 0 Å². The number of hydrogen-bond acceptors (Lipinski definition) is 4. The van der Waals surface area contributed by atoms with Gasteiger partial charge in [-0.3, -0.25) is 14.9 Å². The van der Waals surface area contributed by atoms with Crippen LogP contribution in [0.5, 0.6) is 0 Å². The SMILES string of the molecule is Br.O=C(C[n+]1ccc(-c2ccc3ccccc3c2)nc1)c1ccccc1[N+](=O)[O-]. The molecule has 0 aliphatic heterocycles. The van der Waals surface area contributed by atoms with E-state index < -0.39 is 4.92 Å². The lowest BCUT2D eigenvalue weighted by Crippen LogP contribution is -2.37. The van der Waals surface area contributed by atoms with Crippen LogP contribution >= 0.6 is 17.0 Å². The first kappa shape index (κ1) is 20.3. The molecule has 0 fully saturated rings. The number of nitro benzene ring substituents is 1. The molecule has 7 heteroatoms. The molecule has 0 spiro atoms. The highest BCUT2D eigenvalue weighted by Crippen LogP contribution is 2.22. The van der Waals surface area contributed by atoms with Crippen LogP contribution in [0.25, 0.3) is 22.0 Å². The largest absolute Gasteiger partial charge is 0.289 e. The van der Waals surface area contributed by atoms with Crippen LogP contribution in [0.1, 0.15) is 10.4 Å². The predicted molar refractivity (Wildman–Crippen MR) is 115 cm³/mol. The minimum atomic E-state index is -0.543. The van der Waals surface area contributed by atoms with E-state index in [9.17, 15) is 14.9 Å². The predicted octanol–water partition coefficient (Wildman–Crippen LogP) is 4.56. The molecule has 1 aromatic heterocycles. The second-order valence-electron chi connectivity index (χ2n) is 6.38. The van der Waals surface area contributed by atoms with Gasteiger partial charge in [-0.15, -0.1) is 17.0 Å². The molecule has 29 heavy (non-hydrogen) atoms. The molecule has 6 nitrogen and oxygen atoms in total. The van der Waals surface area contributed by atoms with E-state index in [4.69, 9.17) is 0 Å². The Kier molecular flexibility index (Phi) is 6.09. The number of nitrogens with zero attached hydrogens (tertiary/aromatic N) is 3. The van der Waals surface area contributed by atoms with E-state index in [0.717, 1.165) is 22.0 Å². The van der Waals surface area contributed by atoms with E-state index in [1.54, 1.807) is 29.2 Å². The first-order valence-corrected chi connectivity index (χ1v) is 8.73. The summed E-state index contributed by atoms with van der Waals surface area (Å²) in [5, 5.41) is 13.4. The molecule has 1 heterocycles. The fourth-order valence-corrected chi connectivity index (χ4v) is 3.12. The summed E-state index contributed by atoms with van der Waals surface area (Å²) in [4.78, 5) is 27.5. The Balaban J connectivity index is 0.00000240. The topological polar surface area (TPSA) is 77.0 Å². The van der Waals surface area contributed by atoms with Crippen molar-refractivity contribution in [3.63, 3.8) is 0 Å². The third-order valence-electron chi connectivity index (χ3n) is 4.54. The number of hydrogen-bond donors (Lipinski definition) is 0. The number of halogens is 1. The van der Waals surface area contributed by atoms with E-state index in [1.807, 2.05) is 36.4 Å². The van der Waals surface area contributed by atoms with Crippen molar-refractivity contribution in [1.82, 2.24) is 4.98 Å². The number of ketones is 1. The normalized spacial score (nSPS) is 10.3. The van der Waals surface area contributed by atoms with Crippen molar-refractivity contribution < 1.29 is 14.3 Å². The van der Waals surface area contributed by atoms with Crippen molar-refractivity contribution in [3.8, 4) is 11.3 Å². The molecule has 4 aromatic rings. The summed E-state index contributed by atoms with van der Waals surface area (Å²) in [6, 6.07) is 22.0. The van der Waals surface area contributed by atoms with Gasteiger partial charge in [0.25, 0.3) is 12.0 Å². The fourth-order valence-electron chi connectivity index (χ4n) is 3.12. The van der Waals surface area contributed by atoms with Crippen LogP contribution in [-0.4, -0.2) is 15.7 Å². The van der Waals surface area contributed by atoms with Crippen LogP contribution in [0, 0.1) is 10.1 Å². The number of nitro groups is 1. The Morgan fingerprint density at radius 2 is 1.69 bits per heavy atom. The van der Waals surface area contributed by atoms with Gasteiger partial charge in [-0.05, 0) is 34.0 Å². The van der Waals surface area contributed by atoms with Gasteiger partial charge in [0.05, 0.1) is 16.7 Å². The van der Waals surface area contributed by atoms with Crippen molar-refractivity contribution >= 4 is 39.2 Å². The quantitative estimate of drug-likeness (QED) is 0.193. The first-order valence-electron chi connectivity index (χ1n) is 8.73. The van der Waals surface area contributed by atoms with E-state index in [0.29, 0.717) is 0 Å². The van der Waals surface area contributed by atoms with Crippen molar-refractivity contribution in [2.75, 3.05) is 0 Å². The molecule has 4 rings (SSSR count).